The van der Waals surface area contributed by atoms with E-state index in [-0.39, 0.29) is 46.9 Å². The van der Waals surface area contributed by atoms with Crippen LogP contribution in [0.3, 0.4) is 0 Å². The van der Waals surface area contributed by atoms with Crippen molar-refractivity contribution in [1.29, 1.82) is 0 Å². The summed E-state index contributed by atoms with van der Waals surface area (Å²) in [6.07, 6.45) is 5.79. The summed E-state index contributed by atoms with van der Waals surface area (Å²) in [5, 5.41) is 4.36. The lowest BCUT2D eigenvalue weighted by Crippen LogP contribution is -2.09. The zero-order valence-electron chi connectivity index (χ0n) is 59.1. The predicted molar refractivity (Wildman–Crippen MR) is 394 cm³/mol. The topological polar surface area (TPSA) is 0 Å². The fourth-order valence-electron chi connectivity index (χ4n) is 9.31. The molecule has 0 aliphatic heterocycles. The molecule has 0 spiro atoms. The minimum absolute atomic E-state index is 0.0311. The molecule has 0 saturated heterocycles. The Balaban J connectivity index is 0.000000567. The van der Waals surface area contributed by atoms with Crippen LogP contribution in [0, 0.1) is 117 Å². The molecule has 0 nitrogen and oxygen atoms in total. The Morgan fingerprint density at radius 2 is 0.515 bits per heavy atom. The second-order valence-corrected chi connectivity index (χ2v) is 30.1. The largest absolute Gasteiger partial charge is 0.207 e. The van der Waals surface area contributed by atoms with Crippen LogP contribution in [-0.4, -0.2) is 0 Å². The highest BCUT2D eigenvalue weighted by Crippen LogP contribution is 2.31. The van der Waals surface area contributed by atoms with Gasteiger partial charge in [-0.1, -0.05) is 222 Å². The van der Waals surface area contributed by atoms with Crippen LogP contribution < -0.4 is 0 Å². The van der Waals surface area contributed by atoms with E-state index in [4.69, 9.17) is 81.2 Å². The van der Waals surface area contributed by atoms with Crippen LogP contribution in [-0.2, 0) is 51.4 Å². The van der Waals surface area contributed by atoms with E-state index in [0.29, 0.717) is 63.2 Å². The van der Waals surface area contributed by atoms with Crippen LogP contribution in [0.4, 0.5) is 52.7 Å². The summed E-state index contributed by atoms with van der Waals surface area (Å²) < 4.78 is 153. The van der Waals surface area contributed by atoms with Gasteiger partial charge in [-0.05, 0) is 211 Å². The van der Waals surface area contributed by atoms with Crippen molar-refractivity contribution in [2.45, 2.75) is 162 Å². The van der Waals surface area contributed by atoms with Crippen LogP contribution in [0.15, 0.2) is 127 Å². The minimum Gasteiger partial charge on any atom is -0.207 e. The summed E-state index contributed by atoms with van der Waals surface area (Å²) in [5.41, 5.74) is 5.73. The standard InChI is InChI=1S/C10H11Cl3.C10H12Cl2.C10H12ClF.C10H13Cl.C10H9F5.C10H11F3.C10H12F2.C10H13F/c1-6(2)3-8-9(12)4-7(11)5-10(8)13;1-7(2)3-8-4-9(11)6-10(12)5-8;1-7(2)5-8-3-4-9(11)10(12)6-8;1-8(2)7-9-3-5-10(11)6-4-9;1-4(2)3-5-6(11)8(13)10(15)9(14)7(5)12;1-6(2)3-8-9(12)4-7(11)5-10(8)13;1-7(2)3-8-4-9(11)6-10(12)5-8;1-8(2)7-9-3-5-10(11)6-4-9/h4-6H,3H2,1-2H3;4-7H,3H2,1-2H3;3-4,6-7H,5H2,1-2H3;3-6,8H,7H2,1-2H3;4H,3H2,1-2H3;4-6H,3H2,1-2H3;4-7H,3H2,1-2H3;3-6,8H,7H2,1-2H3. The Labute approximate surface area is 616 Å². The smallest absolute Gasteiger partial charge is 0.200 e. The molecule has 0 N–H and O–H groups in total. The first-order valence-corrected chi connectivity index (χ1v) is 35.2. The highest BCUT2D eigenvalue weighted by molar-refractivity contribution is 6.39. The van der Waals surface area contributed by atoms with Crippen molar-refractivity contribution >= 4 is 81.2 Å². The second kappa shape index (κ2) is 47.3. The Kier molecular flexibility index (Phi) is 43.9. The maximum absolute atomic E-state index is 13.0. The molecule has 0 radical (unpaired) electrons. The molecule has 0 unspecified atom stereocenters. The van der Waals surface area contributed by atoms with Gasteiger partial charge < -0.3 is 0 Å². The first-order chi connectivity index (χ1) is 46.0. The molecule has 0 heterocycles. The van der Waals surface area contributed by atoms with E-state index in [1.54, 1.807) is 38.1 Å². The Hall–Kier alpha value is -5.05. The highest BCUT2D eigenvalue weighted by Gasteiger charge is 2.26. The molecule has 0 bridgehead atoms. The molecule has 19 heteroatoms. The van der Waals surface area contributed by atoms with Gasteiger partial charge in [0.2, 0.25) is 5.82 Å². The first kappa shape index (κ1) is 92.0. The summed E-state index contributed by atoms with van der Waals surface area (Å²) in [6.45, 7) is 32.5. The maximum atomic E-state index is 13.0. The average Bonchev–Trinajstić information content (AvgIpc) is 0.800. The van der Waals surface area contributed by atoms with Gasteiger partial charge in [-0.25, -0.2) is 52.7 Å². The van der Waals surface area contributed by atoms with Gasteiger partial charge in [0.1, 0.15) is 40.7 Å². The van der Waals surface area contributed by atoms with E-state index in [1.807, 2.05) is 70.2 Å². The van der Waals surface area contributed by atoms with E-state index < -0.39 is 63.7 Å². The lowest BCUT2D eigenvalue weighted by Gasteiger charge is -2.09. The quantitative estimate of drug-likeness (QED) is 0.0514. The number of hydrogen-bond donors (Lipinski definition) is 0. The third kappa shape index (κ3) is 39.3. The summed E-state index contributed by atoms with van der Waals surface area (Å²) in [4.78, 5) is 0. The normalized spacial score (nSPS) is 10.8. The molecule has 8 aromatic rings. The lowest BCUT2D eigenvalue weighted by molar-refractivity contribution is 0.366. The molecule has 0 aliphatic rings. The van der Waals surface area contributed by atoms with Crippen molar-refractivity contribution in [2.24, 2.45) is 47.3 Å². The Morgan fingerprint density at radius 3 is 0.899 bits per heavy atom. The predicted octanol–water partition coefficient (Wildman–Crippen LogP) is 29.3. The van der Waals surface area contributed by atoms with Gasteiger partial charge in [-0.3, -0.25) is 0 Å². The van der Waals surface area contributed by atoms with E-state index in [2.05, 4.69) is 81.4 Å². The van der Waals surface area contributed by atoms with Crippen molar-refractivity contribution in [3.63, 3.8) is 0 Å². The summed E-state index contributed by atoms with van der Waals surface area (Å²) in [6, 6.07) is 34.0. The zero-order chi connectivity index (χ0) is 75.7. The molecule has 99 heavy (non-hydrogen) atoms. The van der Waals surface area contributed by atoms with Gasteiger partial charge in [0.05, 0.1) is 5.02 Å². The second-order valence-electron chi connectivity index (χ2n) is 27.1. The molecule has 8 rings (SSSR count). The first-order valence-electron chi connectivity index (χ1n) is 32.6. The van der Waals surface area contributed by atoms with E-state index in [1.165, 1.54) is 47.0 Å². The fraction of sp³-hybridized carbons (Fsp3) is 0.400. The van der Waals surface area contributed by atoms with Crippen LogP contribution in [0.5, 0.6) is 0 Å². The molecule has 0 aliphatic carbocycles. The molecule has 0 aromatic heterocycles. The SMILES string of the molecule is CC(C)Cc1c(Cl)cc(Cl)cc1Cl.CC(C)Cc1c(F)c(F)c(F)c(F)c1F.CC(C)Cc1c(F)cc(F)cc1F.CC(C)Cc1cc(Cl)cc(Cl)c1.CC(C)Cc1cc(F)cc(F)c1.CC(C)Cc1ccc(Cl)c(F)c1.CC(C)Cc1ccc(Cl)cc1.CC(C)Cc1ccc(F)cc1. The van der Waals surface area contributed by atoms with Crippen molar-refractivity contribution in [3.05, 3.63) is 277 Å². The number of benzene rings is 8. The third-order valence-corrected chi connectivity index (χ3v) is 15.1. The van der Waals surface area contributed by atoms with E-state index in [0.717, 1.165) is 75.8 Å². The summed E-state index contributed by atoms with van der Waals surface area (Å²) in [7, 11) is 0. The molecule has 8 aromatic carbocycles. The van der Waals surface area contributed by atoms with E-state index in [9.17, 15) is 52.7 Å². The molecule has 0 fully saturated rings. The van der Waals surface area contributed by atoms with Crippen LogP contribution in [0.1, 0.15) is 155 Å². The fourth-order valence-corrected chi connectivity index (χ4v) is 11.1. The molecule has 0 saturated carbocycles. The number of hydrogen-bond acceptors (Lipinski definition) is 0. The maximum Gasteiger partial charge on any atom is 0.200 e. The molecular formula is C80H93Cl7F12. The number of halogens is 19. The summed E-state index contributed by atoms with van der Waals surface area (Å²) in [5.74, 6) is -9.84. The van der Waals surface area contributed by atoms with Crippen molar-refractivity contribution in [3.8, 4) is 0 Å². The van der Waals surface area contributed by atoms with Crippen LogP contribution in [0.2, 0.25) is 35.2 Å². The summed E-state index contributed by atoms with van der Waals surface area (Å²) >= 11 is 40.8. The molecule has 0 atom stereocenters. The van der Waals surface area contributed by atoms with Gasteiger partial charge >= 0.3 is 0 Å². The molecule has 546 valence electrons. The third-order valence-electron chi connectivity index (χ3n) is 13.2. The Morgan fingerprint density at radius 1 is 0.212 bits per heavy atom. The van der Waals surface area contributed by atoms with Gasteiger partial charge in [-0.2, -0.15) is 0 Å². The molecule has 0 amide bonds. The van der Waals surface area contributed by atoms with Crippen molar-refractivity contribution < 1.29 is 52.7 Å². The van der Waals surface area contributed by atoms with Gasteiger partial charge in [-0.15, -0.1) is 0 Å². The van der Waals surface area contributed by atoms with Gasteiger partial charge in [0, 0.05) is 59.5 Å². The van der Waals surface area contributed by atoms with Crippen LogP contribution >= 0.6 is 81.2 Å². The zero-order valence-corrected chi connectivity index (χ0v) is 64.4. The minimum atomic E-state index is -2.11. The molecular weight excluding hydrogens is 1440 g/mol. The van der Waals surface area contributed by atoms with E-state index >= 15 is 0 Å². The highest BCUT2D eigenvalue weighted by atomic mass is 35.5. The number of rotatable bonds is 16. The van der Waals surface area contributed by atoms with Crippen LogP contribution in [0.25, 0.3) is 0 Å². The van der Waals surface area contributed by atoms with Gasteiger partial charge in [0.15, 0.2) is 23.3 Å². The van der Waals surface area contributed by atoms with Crippen molar-refractivity contribution in [1.82, 2.24) is 0 Å². The van der Waals surface area contributed by atoms with Gasteiger partial charge in [0.25, 0.3) is 0 Å². The lowest BCUT2D eigenvalue weighted by atomic mass is 10.0. The average molecular weight is 1530 g/mol. The van der Waals surface area contributed by atoms with Crippen molar-refractivity contribution in [2.75, 3.05) is 0 Å². The Bertz CT molecular complexity index is 3380. The monoisotopic (exact) mass is 1530 g/mol.